The molecule has 28 heavy (non-hydrogen) atoms. The largest absolute Gasteiger partial charge is 0.493 e. The van der Waals surface area contributed by atoms with E-state index in [0.717, 1.165) is 11.1 Å². The highest BCUT2D eigenvalue weighted by Gasteiger charge is 2.59. The summed E-state index contributed by atoms with van der Waals surface area (Å²) in [6, 6.07) is 12.9. The summed E-state index contributed by atoms with van der Waals surface area (Å²) in [4.78, 5) is 12.0. The van der Waals surface area contributed by atoms with Crippen molar-refractivity contribution in [2.24, 2.45) is 0 Å². The van der Waals surface area contributed by atoms with Crippen molar-refractivity contribution in [2.75, 3.05) is 35.0 Å². The predicted octanol–water partition coefficient (Wildman–Crippen LogP) is 2.57. The maximum absolute atomic E-state index is 12.0. The van der Waals surface area contributed by atoms with E-state index in [4.69, 9.17) is 18.9 Å². The number of aliphatic hydroxyl groups is 1. The zero-order valence-electron chi connectivity index (χ0n) is 16.4. The third-order valence-corrected chi connectivity index (χ3v) is 5.48. The van der Waals surface area contributed by atoms with Crippen molar-refractivity contribution in [2.45, 2.75) is 11.2 Å². The number of rotatable bonds is 7. The van der Waals surface area contributed by atoms with Crippen molar-refractivity contribution in [3.05, 3.63) is 64.7 Å². The van der Waals surface area contributed by atoms with Crippen LogP contribution in [-0.2, 0) is 19.9 Å². The number of hydrogen-bond donors (Lipinski definition) is 1. The monoisotopic (exact) mass is 384 g/mol. The molecule has 0 aromatic heterocycles. The van der Waals surface area contributed by atoms with Crippen molar-refractivity contribution in [3.63, 3.8) is 0 Å². The SMILES string of the molecule is COc1ccc([C@]2(OC)c3ccccc3C=C(C=O)[C@]2(CO)OC)cc1OC. The first kappa shape index (κ1) is 20.1. The third-order valence-electron chi connectivity index (χ3n) is 5.48. The van der Waals surface area contributed by atoms with Crippen LogP contribution < -0.4 is 9.47 Å². The zero-order chi connectivity index (χ0) is 20.4. The van der Waals surface area contributed by atoms with Gasteiger partial charge in [-0.15, -0.1) is 0 Å². The molecule has 2 aromatic carbocycles. The summed E-state index contributed by atoms with van der Waals surface area (Å²) in [6.07, 6.45) is 2.42. The zero-order valence-corrected chi connectivity index (χ0v) is 16.4. The molecule has 0 amide bonds. The molecule has 3 rings (SSSR count). The summed E-state index contributed by atoms with van der Waals surface area (Å²) in [6.45, 7) is -0.468. The number of carbonyl (C=O) groups is 1. The topological polar surface area (TPSA) is 74.2 Å². The van der Waals surface area contributed by atoms with Gasteiger partial charge in [0.1, 0.15) is 6.29 Å². The minimum Gasteiger partial charge on any atom is -0.493 e. The van der Waals surface area contributed by atoms with Crippen LogP contribution in [0.15, 0.2) is 48.0 Å². The molecule has 0 spiro atoms. The van der Waals surface area contributed by atoms with E-state index >= 15 is 0 Å². The molecular weight excluding hydrogens is 360 g/mol. The van der Waals surface area contributed by atoms with Crippen molar-refractivity contribution in [3.8, 4) is 11.5 Å². The molecule has 148 valence electrons. The highest BCUT2D eigenvalue weighted by molar-refractivity contribution is 5.89. The Labute approximate surface area is 164 Å². The average Bonchev–Trinajstić information content (AvgIpc) is 2.76. The Morgan fingerprint density at radius 3 is 2.25 bits per heavy atom. The smallest absolute Gasteiger partial charge is 0.161 e. The van der Waals surface area contributed by atoms with Gasteiger partial charge in [0.15, 0.2) is 22.7 Å². The maximum atomic E-state index is 12.0. The fraction of sp³-hybridized carbons (Fsp3) is 0.318. The molecule has 1 aliphatic carbocycles. The summed E-state index contributed by atoms with van der Waals surface area (Å²) >= 11 is 0. The Bertz CT molecular complexity index is 900. The molecule has 2 aromatic rings. The van der Waals surface area contributed by atoms with Gasteiger partial charge in [0.2, 0.25) is 0 Å². The van der Waals surface area contributed by atoms with Gasteiger partial charge in [-0.25, -0.2) is 0 Å². The van der Waals surface area contributed by atoms with Crippen LogP contribution in [0.4, 0.5) is 0 Å². The summed E-state index contributed by atoms with van der Waals surface area (Å²) in [5.41, 5.74) is -0.223. The van der Waals surface area contributed by atoms with Gasteiger partial charge < -0.3 is 24.1 Å². The van der Waals surface area contributed by atoms with E-state index in [9.17, 15) is 9.90 Å². The summed E-state index contributed by atoms with van der Waals surface area (Å²) in [5.74, 6) is 1.05. The second-order valence-corrected chi connectivity index (χ2v) is 6.45. The van der Waals surface area contributed by atoms with Gasteiger partial charge in [0.25, 0.3) is 0 Å². The molecule has 1 N–H and O–H groups in total. The molecule has 0 fully saturated rings. The van der Waals surface area contributed by atoms with E-state index in [1.165, 1.54) is 14.2 Å². The van der Waals surface area contributed by atoms with Gasteiger partial charge >= 0.3 is 0 Å². The number of ether oxygens (including phenoxy) is 4. The minimum atomic E-state index is -1.45. The molecule has 6 nitrogen and oxygen atoms in total. The van der Waals surface area contributed by atoms with Gasteiger partial charge in [-0.1, -0.05) is 30.3 Å². The highest BCUT2D eigenvalue weighted by Crippen LogP contribution is 2.53. The average molecular weight is 384 g/mol. The van der Waals surface area contributed by atoms with Crippen LogP contribution in [0.25, 0.3) is 6.08 Å². The Hall–Kier alpha value is -2.67. The Kier molecular flexibility index (Phi) is 5.56. The van der Waals surface area contributed by atoms with Crippen molar-refractivity contribution < 1.29 is 28.8 Å². The van der Waals surface area contributed by atoms with Crippen LogP contribution in [-0.4, -0.2) is 52.0 Å². The van der Waals surface area contributed by atoms with Crippen LogP contribution in [0, 0.1) is 0 Å². The maximum Gasteiger partial charge on any atom is 0.161 e. The summed E-state index contributed by atoms with van der Waals surface area (Å²) in [5, 5.41) is 10.5. The van der Waals surface area contributed by atoms with E-state index in [0.29, 0.717) is 23.3 Å². The van der Waals surface area contributed by atoms with E-state index < -0.39 is 17.8 Å². The lowest BCUT2D eigenvalue weighted by atomic mass is 9.64. The molecule has 6 heteroatoms. The molecular formula is C22H24O6. The van der Waals surface area contributed by atoms with Gasteiger partial charge in [-0.2, -0.15) is 0 Å². The van der Waals surface area contributed by atoms with Crippen molar-refractivity contribution in [1.29, 1.82) is 0 Å². The molecule has 0 bridgehead atoms. The van der Waals surface area contributed by atoms with E-state index in [2.05, 4.69) is 0 Å². The van der Waals surface area contributed by atoms with Crippen molar-refractivity contribution >= 4 is 12.4 Å². The number of fused-ring (bicyclic) bond motifs is 1. The lowest BCUT2D eigenvalue weighted by Crippen LogP contribution is -2.60. The highest BCUT2D eigenvalue weighted by atomic mass is 16.6. The van der Waals surface area contributed by atoms with Gasteiger partial charge in [0.05, 0.1) is 20.8 Å². The van der Waals surface area contributed by atoms with E-state index in [1.807, 2.05) is 30.3 Å². The quantitative estimate of drug-likeness (QED) is 0.740. The van der Waals surface area contributed by atoms with Gasteiger partial charge in [-0.3, -0.25) is 4.79 Å². The Balaban J connectivity index is 2.43. The number of carbonyl (C=O) groups excluding carboxylic acids is 1. The van der Waals surface area contributed by atoms with E-state index in [1.54, 1.807) is 32.4 Å². The van der Waals surface area contributed by atoms with Crippen LogP contribution in [0.5, 0.6) is 11.5 Å². The van der Waals surface area contributed by atoms with Crippen LogP contribution >= 0.6 is 0 Å². The normalized spacial score (nSPS) is 23.5. The molecule has 0 saturated heterocycles. The fourth-order valence-corrected chi connectivity index (χ4v) is 4.14. The first-order valence-electron chi connectivity index (χ1n) is 8.79. The molecule has 0 unspecified atom stereocenters. The molecule has 0 saturated carbocycles. The second kappa shape index (κ2) is 7.75. The predicted molar refractivity (Wildman–Crippen MR) is 105 cm³/mol. The number of methoxy groups -OCH3 is 4. The first-order chi connectivity index (χ1) is 13.6. The lowest BCUT2D eigenvalue weighted by molar-refractivity contribution is -0.170. The molecule has 0 aliphatic heterocycles. The molecule has 0 heterocycles. The molecule has 0 radical (unpaired) electrons. The van der Waals surface area contributed by atoms with Crippen LogP contribution in [0.1, 0.15) is 16.7 Å². The first-order valence-corrected chi connectivity index (χ1v) is 8.79. The molecule has 1 aliphatic rings. The van der Waals surface area contributed by atoms with E-state index in [-0.39, 0.29) is 5.57 Å². The fourth-order valence-electron chi connectivity index (χ4n) is 4.14. The van der Waals surface area contributed by atoms with Crippen LogP contribution in [0.2, 0.25) is 0 Å². The second-order valence-electron chi connectivity index (χ2n) is 6.45. The molecule has 2 atom stereocenters. The summed E-state index contributed by atoms with van der Waals surface area (Å²) < 4.78 is 22.8. The Morgan fingerprint density at radius 1 is 0.964 bits per heavy atom. The van der Waals surface area contributed by atoms with Crippen molar-refractivity contribution in [1.82, 2.24) is 0 Å². The summed E-state index contributed by atoms with van der Waals surface area (Å²) in [7, 11) is 6.09. The van der Waals surface area contributed by atoms with Crippen LogP contribution in [0.3, 0.4) is 0 Å². The number of aliphatic hydroxyl groups excluding tert-OH is 1. The lowest BCUT2D eigenvalue weighted by Gasteiger charge is -2.51. The van der Waals surface area contributed by atoms with Gasteiger partial charge in [-0.05, 0) is 34.9 Å². The number of benzene rings is 2. The Morgan fingerprint density at radius 2 is 1.68 bits per heavy atom. The van der Waals surface area contributed by atoms with Gasteiger partial charge in [0, 0.05) is 19.8 Å². The number of hydrogen-bond acceptors (Lipinski definition) is 6. The standard InChI is InChI=1S/C22H24O6/c1-25-19-10-9-16(12-20(19)26-2)22(28-4)18-8-6-5-7-15(18)11-17(13-23)21(22,14-24)27-3/h5-13,24H,14H2,1-4H3/t21-,22-/m0/s1. The third kappa shape index (κ3) is 2.57. The minimum absolute atomic E-state index is 0.285. The number of aldehydes is 1.